The maximum Gasteiger partial charge on any atom is 0.274 e. The summed E-state index contributed by atoms with van der Waals surface area (Å²) in [5, 5.41) is 4.06. The molecular weight excluding hydrogens is 418 g/mol. The van der Waals surface area contributed by atoms with Crippen LogP contribution in [0.25, 0.3) is 17.3 Å². The fourth-order valence-corrected chi connectivity index (χ4v) is 4.96. The zero-order valence-corrected chi connectivity index (χ0v) is 18.8. The number of pyridine rings is 1. The molecule has 3 aromatic heterocycles. The second-order valence-corrected chi connectivity index (χ2v) is 9.42. The van der Waals surface area contributed by atoms with Crippen LogP contribution in [0.3, 0.4) is 0 Å². The van der Waals surface area contributed by atoms with E-state index >= 15 is 0 Å². The minimum atomic E-state index is 0.000861. The molecule has 5 heterocycles. The predicted molar refractivity (Wildman–Crippen MR) is 121 cm³/mol. The summed E-state index contributed by atoms with van der Waals surface area (Å²) < 4.78 is 7.15. The molecule has 0 atom stereocenters. The summed E-state index contributed by atoms with van der Waals surface area (Å²) in [7, 11) is 0. The number of amides is 1. The smallest absolute Gasteiger partial charge is 0.274 e. The lowest BCUT2D eigenvalue weighted by molar-refractivity contribution is 0.0585. The van der Waals surface area contributed by atoms with Gasteiger partial charge in [0.25, 0.3) is 11.8 Å². The van der Waals surface area contributed by atoms with E-state index in [2.05, 4.69) is 25.0 Å². The molecule has 3 aliphatic rings. The van der Waals surface area contributed by atoms with Gasteiger partial charge in [-0.05, 0) is 63.7 Å². The van der Waals surface area contributed by atoms with E-state index in [4.69, 9.17) is 4.52 Å². The van der Waals surface area contributed by atoms with Crippen LogP contribution in [0.2, 0.25) is 0 Å². The summed E-state index contributed by atoms with van der Waals surface area (Å²) >= 11 is 0. The fourth-order valence-electron chi connectivity index (χ4n) is 4.96. The van der Waals surface area contributed by atoms with Gasteiger partial charge in [0.15, 0.2) is 5.82 Å². The van der Waals surface area contributed by atoms with Crippen molar-refractivity contribution in [2.75, 3.05) is 26.2 Å². The third-order valence-electron chi connectivity index (χ3n) is 7.10. The first kappa shape index (κ1) is 20.5. The quantitative estimate of drug-likeness (QED) is 0.592. The zero-order valence-electron chi connectivity index (χ0n) is 18.8. The Labute approximate surface area is 192 Å². The Morgan fingerprint density at radius 3 is 2.52 bits per heavy atom. The SMILES string of the molecule is O=C(c1cn(-c2ccc(-c3nc(C4CC4)no3)cn2)cn1)N1CCC(N2CCCCC2)CC1. The maximum atomic E-state index is 13.0. The number of nitrogens with zero attached hydrogens (tertiary/aromatic N) is 7. The second-order valence-electron chi connectivity index (χ2n) is 9.42. The first-order valence-corrected chi connectivity index (χ1v) is 12.1. The largest absolute Gasteiger partial charge is 0.337 e. The van der Waals surface area contributed by atoms with E-state index < -0.39 is 0 Å². The lowest BCUT2D eigenvalue weighted by Gasteiger charge is -2.40. The Morgan fingerprint density at radius 2 is 1.79 bits per heavy atom. The fraction of sp³-hybridized carbons (Fsp3) is 0.542. The van der Waals surface area contributed by atoms with Gasteiger partial charge in [0.1, 0.15) is 17.8 Å². The van der Waals surface area contributed by atoms with Crippen LogP contribution in [0.5, 0.6) is 0 Å². The van der Waals surface area contributed by atoms with Gasteiger partial charge in [0, 0.05) is 37.4 Å². The highest BCUT2D eigenvalue weighted by molar-refractivity contribution is 5.92. The molecule has 33 heavy (non-hydrogen) atoms. The van der Waals surface area contributed by atoms with Crippen LogP contribution < -0.4 is 0 Å². The van der Waals surface area contributed by atoms with Crippen molar-refractivity contribution in [1.82, 2.24) is 34.5 Å². The lowest BCUT2D eigenvalue weighted by Crippen LogP contribution is -2.48. The molecule has 172 valence electrons. The van der Waals surface area contributed by atoms with Crippen molar-refractivity contribution in [2.45, 2.75) is 56.9 Å². The molecule has 1 amide bonds. The van der Waals surface area contributed by atoms with E-state index in [0.29, 0.717) is 29.4 Å². The van der Waals surface area contributed by atoms with E-state index in [9.17, 15) is 4.79 Å². The van der Waals surface area contributed by atoms with Gasteiger partial charge in [-0.15, -0.1) is 0 Å². The van der Waals surface area contributed by atoms with Gasteiger partial charge in [-0.1, -0.05) is 11.6 Å². The number of likely N-dealkylation sites (tertiary alicyclic amines) is 2. The number of carbonyl (C=O) groups is 1. The highest BCUT2D eigenvalue weighted by Gasteiger charge is 2.30. The van der Waals surface area contributed by atoms with E-state index in [1.54, 1.807) is 23.3 Å². The third-order valence-corrected chi connectivity index (χ3v) is 7.10. The van der Waals surface area contributed by atoms with E-state index in [1.807, 2.05) is 17.0 Å². The molecule has 0 radical (unpaired) electrons. The molecule has 6 rings (SSSR count). The Balaban J connectivity index is 1.09. The average molecular weight is 448 g/mol. The number of carbonyl (C=O) groups excluding carboxylic acids is 1. The monoisotopic (exact) mass is 447 g/mol. The summed E-state index contributed by atoms with van der Waals surface area (Å²) in [6, 6.07) is 4.39. The highest BCUT2D eigenvalue weighted by atomic mass is 16.5. The van der Waals surface area contributed by atoms with Crippen LogP contribution in [0.4, 0.5) is 0 Å². The Kier molecular flexibility index (Phi) is 5.41. The molecule has 2 aliphatic heterocycles. The topological polar surface area (TPSA) is 93.2 Å². The zero-order chi connectivity index (χ0) is 22.2. The lowest BCUT2D eigenvalue weighted by atomic mass is 10.00. The minimum Gasteiger partial charge on any atom is -0.337 e. The van der Waals surface area contributed by atoms with Crippen molar-refractivity contribution in [3.05, 3.63) is 42.4 Å². The van der Waals surface area contributed by atoms with Gasteiger partial charge >= 0.3 is 0 Å². The molecule has 0 N–H and O–H groups in total. The number of hydrogen-bond donors (Lipinski definition) is 0. The predicted octanol–water partition coefficient (Wildman–Crippen LogP) is 3.29. The molecular formula is C24H29N7O2. The maximum absolute atomic E-state index is 13.0. The molecule has 0 unspecified atom stereocenters. The molecule has 9 nitrogen and oxygen atoms in total. The molecule has 9 heteroatoms. The molecule has 2 saturated heterocycles. The van der Waals surface area contributed by atoms with Crippen molar-refractivity contribution in [3.63, 3.8) is 0 Å². The van der Waals surface area contributed by atoms with E-state index in [0.717, 1.165) is 50.2 Å². The van der Waals surface area contributed by atoms with Gasteiger partial charge < -0.3 is 14.3 Å². The van der Waals surface area contributed by atoms with E-state index in [-0.39, 0.29) is 5.91 Å². The van der Waals surface area contributed by atoms with Gasteiger partial charge in [-0.25, -0.2) is 9.97 Å². The third kappa shape index (κ3) is 4.29. The Hall–Kier alpha value is -3.07. The van der Waals surface area contributed by atoms with Crippen LogP contribution in [-0.4, -0.2) is 72.6 Å². The molecule has 0 spiro atoms. The average Bonchev–Trinajstić information content (AvgIpc) is 3.40. The van der Waals surface area contributed by atoms with Crippen LogP contribution in [-0.2, 0) is 0 Å². The Bertz CT molecular complexity index is 1100. The summed E-state index contributed by atoms with van der Waals surface area (Å²) in [5.74, 6) is 2.42. The van der Waals surface area contributed by atoms with Crippen molar-refractivity contribution in [1.29, 1.82) is 0 Å². The second kappa shape index (κ2) is 8.70. The molecule has 1 aliphatic carbocycles. The number of imidazole rings is 1. The molecule has 3 fully saturated rings. The number of hydrogen-bond acceptors (Lipinski definition) is 7. The van der Waals surface area contributed by atoms with Crippen LogP contribution in [0.15, 0.2) is 35.4 Å². The first-order chi connectivity index (χ1) is 16.2. The van der Waals surface area contributed by atoms with Crippen molar-refractivity contribution < 1.29 is 9.32 Å². The number of piperidine rings is 2. The van der Waals surface area contributed by atoms with Crippen molar-refractivity contribution in [3.8, 4) is 17.3 Å². The summed E-state index contributed by atoms with van der Waals surface area (Å²) in [4.78, 5) is 30.9. The van der Waals surface area contributed by atoms with Crippen LogP contribution >= 0.6 is 0 Å². The van der Waals surface area contributed by atoms with E-state index in [1.165, 1.54) is 32.4 Å². The summed E-state index contributed by atoms with van der Waals surface area (Å²) in [5.41, 5.74) is 1.24. The van der Waals surface area contributed by atoms with Gasteiger partial charge in [0.05, 0.1) is 5.56 Å². The van der Waals surface area contributed by atoms with Gasteiger partial charge in [-0.3, -0.25) is 9.36 Å². The minimum absolute atomic E-state index is 0.000861. The standard InChI is InChI=1S/C24H29N7O2/c32-24(30-12-8-19(9-13-30)29-10-2-1-3-11-29)20-15-31(16-26-20)21-7-6-18(14-25-21)23-27-22(28-33-23)17-4-5-17/h6-7,14-17,19H,1-5,8-13H2. The summed E-state index contributed by atoms with van der Waals surface area (Å²) in [6.45, 7) is 4.02. The number of rotatable bonds is 5. The van der Waals surface area contributed by atoms with Crippen molar-refractivity contribution >= 4 is 5.91 Å². The van der Waals surface area contributed by atoms with Crippen LogP contribution in [0.1, 0.15) is 67.2 Å². The summed E-state index contributed by atoms with van der Waals surface area (Å²) in [6.07, 6.45) is 13.5. The normalized spacial score (nSPS) is 20.3. The van der Waals surface area contributed by atoms with Gasteiger partial charge in [0.2, 0.25) is 0 Å². The Morgan fingerprint density at radius 1 is 0.970 bits per heavy atom. The van der Waals surface area contributed by atoms with Gasteiger partial charge in [-0.2, -0.15) is 4.98 Å². The van der Waals surface area contributed by atoms with Crippen molar-refractivity contribution in [2.24, 2.45) is 0 Å². The molecule has 0 bridgehead atoms. The number of aromatic nitrogens is 5. The highest BCUT2D eigenvalue weighted by Crippen LogP contribution is 2.38. The van der Waals surface area contributed by atoms with Crippen LogP contribution in [0, 0.1) is 0 Å². The first-order valence-electron chi connectivity index (χ1n) is 12.1. The molecule has 1 saturated carbocycles. The molecule has 0 aromatic carbocycles. The molecule has 3 aromatic rings.